The number of hydrogen-bond acceptors (Lipinski definition) is 2. The topological polar surface area (TPSA) is 15.3 Å². The number of rotatable bonds is 5. The summed E-state index contributed by atoms with van der Waals surface area (Å²) in [5.74, 6) is 0. The third kappa shape index (κ3) is 4.46. The standard InChI is InChI=1S/C18H28N2/c1-14(2)13-20-9-7-18(8-10-20)19-12-17-6-5-15(3)11-16(17)4/h5-6,11,18-19H,1,7-10,12-13H2,2-4H3. The van der Waals surface area contributed by atoms with Crippen LogP contribution in [0.25, 0.3) is 0 Å². The maximum Gasteiger partial charge on any atom is 0.0210 e. The van der Waals surface area contributed by atoms with Gasteiger partial charge < -0.3 is 5.32 Å². The zero-order chi connectivity index (χ0) is 14.5. The molecule has 1 aromatic rings. The van der Waals surface area contributed by atoms with Gasteiger partial charge in [-0.1, -0.05) is 35.9 Å². The highest BCUT2D eigenvalue weighted by molar-refractivity contribution is 5.30. The highest BCUT2D eigenvalue weighted by atomic mass is 15.1. The second-order valence-corrected chi connectivity index (χ2v) is 6.32. The van der Waals surface area contributed by atoms with Crippen LogP contribution in [0.5, 0.6) is 0 Å². The summed E-state index contributed by atoms with van der Waals surface area (Å²) in [4.78, 5) is 2.51. The van der Waals surface area contributed by atoms with Gasteiger partial charge in [-0.15, -0.1) is 0 Å². The molecule has 1 saturated heterocycles. The van der Waals surface area contributed by atoms with Crippen molar-refractivity contribution in [1.82, 2.24) is 10.2 Å². The summed E-state index contributed by atoms with van der Waals surface area (Å²) in [5, 5.41) is 3.72. The molecule has 2 rings (SSSR count). The first kappa shape index (κ1) is 15.3. The van der Waals surface area contributed by atoms with Gasteiger partial charge in [0.15, 0.2) is 0 Å². The van der Waals surface area contributed by atoms with Gasteiger partial charge in [0.1, 0.15) is 0 Å². The predicted octanol–water partition coefficient (Wildman–Crippen LogP) is 3.43. The Morgan fingerprint density at radius 2 is 2.00 bits per heavy atom. The molecule has 0 amide bonds. The lowest BCUT2D eigenvalue weighted by molar-refractivity contribution is 0.211. The van der Waals surface area contributed by atoms with Crippen LogP contribution in [0.1, 0.15) is 36.5 Å². The predicted molar refractivity (Wildman–Crippen MR) is 87.0 cm³/mol. The van der Waals surface area contributed by atoms with Crippen LogP contribution < -0.4 is 5.32 Å². The molecule has 2 heteroatoms. The van der Waals surface area contributed by atoms with Crippen LogP contribution in [0.3, 0.4) is 0 Å². The van der Waals surface area contributed by atoms with Crippen molar-refractivity contribution >= 4 is 0 Å². The molecule has 1 heterocycles. The first-order valence-corrected chi connectivity index (χ1v) is 7.71. The lowest BCUT2D eigenvalue weighted by Crippen LogP contribution is -2.42. The molecule has 0 unspecified atom stereocenters. The summed E-state index contributed by atoms with van der Waals surface area (Å²) in [6, 6.07) is 7.40. The maximum atomic E-state index is 4.00. The number of aryl methyl sites for hydroxylation is 2. The van der Waals surface area contributed by atoms with E-state index in [0.29, 0.717) is 6.04 Å². The molecule has 0 aliphatic carbocycles. The molecule has 0 saturated carbocycles. The summed E-state index contributed by atoms with van der Waals surface area (Å²) >= 11 is 0. The maximum absolute atomic E-state index is 4.00. The van der Waals surface area contributed by atoms with Crippen LogP contribution in [-0.4, -0.2) is 30.6 Å². The van der Waals surface area contributed by atoms with Crippen LogP contribution >= 0.6 is 0 Å². The van der Waals surface area contributed by atoms with Crippen LogP contribution in [0.2, 0.25) is 0 Å². The third-order valence-corrected chi connectivity index (χ3v) is 4.16. The van der Waals surface area contributed by atoms with Gasteiger partial charge in [0.25, 0.3) is 0 Å². The molecule has 1 aromatic carbocycles. The van der Waals surface area contributed by atoms with Crippen molar-refractivity contribution in [3.63, 3.8) is 0 Å². The van der Waals surface area contributed by atoms with Crippen molar-refractivity contribution in [2.75, 3.05) is 19.6 Å². The molecule has 0 atom stereocenters. The average Bonchev–Trinajstić information content (AvgIpc) is 2.39. The Morgan fingerprint density at radius 3 is 2.60 bits per heavy atom. The minimum absolute atomic E-state index is 0.664. The smallest absolute Gasteiger partial charge is 0.0210 e. The minimum atomic E-state index is 0.664. The normalized spacial score (nSPS) is 17.4. The van der Waals surface area contributed by atoms with E-state index in [1.807, 2.05) is 0 Å². The molecule has 20 heavy (non-hydrogen) atoms. The summed E-state index contributed by atoms with van der Waals surface area (Å²) < 4.78 is 0. The highest BCUT2D eigenvalue weighted by Crippen LogP contribution is 2.14. The third-order valence-electron chi connectivity index (χ3n) is 4.16. The van der Waals surface area contributed by atoms with Crippen LogP contribution in [0.4, 0.5) is 0 Å². The van der Waals surface area contributed by atoms with Crippen molar-refractivity contribution in [3.8, 4) is 0 Å². The van der Waals surface area contributed by atoms with E-state index in [2.05, 4.69) is 55.8 Å². The quantitative estimate of drug-likeness (QED) is 0.826. The Kier molecular flexibility index (Phi) is 5.38. The van der Waals surface area contributed by atoms with E-state index in [9.17, 15) is 0 Å². The molecule has 0 spiro atoms. The second kappa shape index (κ2) is 7.05. The van der Waals surface area contributed by atoms with Crippen molar-refractivity contribution < 1.29 is 0 Å². The zero-order valence-corrected chi connectivity index (χ0v) is 13.2. The Hall–Kier alpha value is -1.12. The van der Waals surface area contributed by atoms with Gasteiger partial charge in [0.05, 0.1) is 0 Å². The number of nitrogens with one attached hydrogen (secondary N) is 1. The zero-order valence-electron chi connectivity index (χ0n) is 13.2. The van der Waals surface area contributed by atoms with Gasteiger partial charge in [0.2, 0.25) is 0 Å². The van der Waals surface area contributed by atoms with Crippen LogP contribution in [0.15, 0.2) is 30.4 Å². The number of hydrogen-bond donors (Lipinski definition) is 1. The lowest BCUT2D eigenvalue weighted by atomic mass is 10.0. The average molecular weight is 272 g/mol. The molecule has 2 nitrogen and oxygen atoms in total. The molecule has 1 fully saturated rings. The van der Waals surface area contributed by atoms with Gasteiger partial charge >= 0.3 is 0 Å². The first-order chi connectivity index (χ1) is 9.54. The van der Waals surface area contributed by atoms with Crippen molar-refractivity contribution in [1.29, 1.82) is 0 Å². The van der Waals surface area contributed by atoms with Gasteiger partial charge in [0, 0.05) is 19.1 Å². The van der Waals surface area contributed by atoms with E-state index in [1.54, 1.807) is 0 Å². The van der Waals surface area contributed by atoms with E-state index >= 15 is 0 Å². The number of nitrogens with zero attached hydrogens (tertiary/aromatic N) is 1. The minimum Gasteiger partial charge on any atom is -0.310 e. The molecule has 1 aliphatic rings. The second-order valence-electron chi connectivity index (χ2n) is 6.32. The molecule has 1 N–H and O–H groups in total. The Labute approximate surface area is 123 Å². The van der Waals surface area contributed by atoms with Crippen LogP contribution in [-0.2, 0) is 6.54 Å². The van der Waals surface area contributed by atoms with Crippen molar-refractivity contribution in [2.45, 2.75) is 46.2 Å². The van der Waals surface area contributed by atoms with Gasteiger partial charge in [-0.05, 0) is 57.8 Å². The fraction of sp³-hybridized carbons (Fsp3) is 0.556. The van der Waals surface area contributed by atoms with Gasteiger partial charge in [-0.25, -0.2) is 0 Å². The highest BCUT2D eigenvalue weighted by Gasteiger charge is 2.18. The first-order valence-electron chi connectivity index (χ1n) is 7.71. The van der Waals surface area contributed by atoms with Gasteiger partial charge in [-0.3, -0.25) is 4.90 Å². The summed E-state index contributed by atoms with van der Waals surface area (Å²) in [7, 11) is 0. The SMILES string of the molecule is C=C(C)CN1CCC(NCc2ccc(C)cc2C)CC1. The van der Waals surface area contributed by atoms with Crippen molar-refractivity contribution in [2.24, 2.45) is 0 Å². The molecule has 0 aromatic heterocycles. The number of benzene rings is 1. The Morgan fingerprint density at radius 1 is 1.30 bits per heavy atom. The van der Waals surface area contributed by atoms with Crippen LogP contribution in [0, 0.1) is 13.8 Å². The Bertz CT molecular complexity index is 456. The summed E-state index contributed by atoms with van der Waals surface area (Å²) in [6.45, 7) is 14.9. The summed E-state index contributed by atoms with van der Waals surface area (Å²) in [6.07, 6.45) is 2.50. The number of piperidine rings is 1. The molecule has 0 bridgehead atoms. The summed E-state index contributed by atoms with van der Waals surface area (Å²) in [5.41, 5.74) is 5.45. The Balaban J connectivity index is 1.77. The van der Waals surface area contributed by atoms with Gasteiger partial charge in [-0.2, -0.15) is 0 Å². The number of likely N-dealkylation sites (tertiary alicyclic amines) is 1. The molecular weight excluding hydrogens is 244 g/mol. The van der Waals surface area contributed by atoms with E-state index < -0.39 is 0 Å². The van der Waals surface area contributed by atoms with Crippen molar-refractivity contribution in [3.05, 3.63) is 47.0 Å². The monoisotopic (exact) mass is 272 g/mol. The van der Waals surface area contributed by atoms with E-state index in [-0.39, 0.29) is 0 Å². The molecular formula is C18H28N2. The fourth-order valence-electron chi connectivity index (χ4n) is 2.98. The van der Waals surface area contributed by atoms with E-state index in [4.69, 9.17) is 0 Å². The molecule has 0 radical (unpaired) electrons. The fourth-order valence-corrected chi connectivity index (χ4v) is 2.98. The largest absolute Gasteiger partial charge is 0.310 e. The van der Waals surface area contributed by atoms with E-state index in [1.165, 1.54) is 48.2 Å². The van der Waals surface area contributed by atoms with E-state index in [0.717, 1.165) is 13.1 Å². The lowest BCUT2D eigenvalue weighted by Gasteiger charge is -2.32. The molecule has 110 valence electrons. The molecule has 1 aliphatic heterocycles.